The van der Waals surface area contributed by atoms with Crippen LogP contribution in [0.5, 0.6) is 0 Å². The van der Waals surface area contributed by atoms with E-state index in [0.29, 0.717) is 0 Å². The largest absolute Gasteiger partial charge is 0.511 e. The maximum Gasteiger partial charge on any atom is 0.269 e. The van der Waals surface area contributed by atoms with Gasteiger partial charge in [-0.3, -0.25) is 4.79 Å². The molecule has 0 saturated carbocycles. The molecule has 0 unspecified atom stereocenters. The first-order chi connectivity index (χ1) is 8.75. The number of benzene rings is 1. The van der Waals surface area contributed by atoms with Gasteiger partial charge in [0.2, 0.25) is 0 Å². The Hall–Kier alpha value is -2.33. The molecule has 1 aromatic carbocycles. The van der Waals surface area contributed by atoms with Crippen molar-refractivity contribution in [2.24, 2.45) is 0 Å². The minimum absolute atomic E-state index is 0.0495. The zero-order chi connectivity index (χ0) is 14.6. The molecule has 0 saturated heterocycles. The van der Waals surface area contributed by atoms with Gasteiger partial charge >= 0.3 is 0 Å². The summed E-state index contributed by atoms with van der Waals surface area (Å²) in [6.07, 6.45) is 1.05. The number of nitrogens with one attached hydrogen (secondary N) is 1. The number of carbonyl (C=O) groups excluding carboxylic acids is 1. The van der Waals surface area contributed by atoms with Crippen LogP contribution in [-0.2, 0) is 14.6 Å². The fraction of sp³-hybridized carbons (Fsp3) is 0.167. The first kappa shape index (κ1) is 14.7. The van der Waals surface area contributed by atoms with Crippen molar-refractivity contribution in [3.8, 4) is 6.07 Å². The average molecular weight is 280 g/mol. The Morgan fingerprint density at radius 2 is 2.05 bits per heavy atom. The van der Waals surface area contributed by atoms with Gasteiger partial charge in [-0.2, -0.15) is 5.26 Å². The van der Waals surface area contributed by atoms with Gasteiger partial charge in [-0.25, -0.2) is 8.42 Å². The van der Waals surface area contributed by atoms with E-state index in [1.807, 2.05) is 0 Å². The number of anilines is 1. The Morgan fingerprint density at radius 3 is 2.53 bits per heavy atom. The molecule has 0 heterocycles. The number of nitriles is 1. The SMILES string of the molecule is C/C(O)=C(/C#N)C(=O)Nc1cccc(S(C)(=O)=O)c1. The molecule has 0 spiro atoms. The second kappa shape index (κ2) is 5.54. The van der Waals surface area contributed by atoms with E-state index in [1.54, 1.807) is 6.07 Å². The number of hydrogen-bond donors (Lipinski definition) is 2. The highest BCUT2D eigenvalue weighted by Gasteiger charge is 2.14. The van der Waals surface area contributed by atoms with Crippen LogP contribution in [0, 0.1) is 11.3 Å². The smallest absolute Gasteiger partial charge is 0.269 e. The van der Waals surface area contributed by atoms with Crippen LogP contribution in [0.25, 0.3) is 0 Å². The van der Waals surface area contributed by atoms with Gasteiger partial charge in [0.15, 0.2) is 15.4 Å². The maximum atomic E-state index is 11.6. The predicted molar refractivity (Wildman–Crippen MR) is 69.1 cm³/mol. The van der Waals surface area contributed by atoms with Crippen molar-refractivity contribution < 1.29 is 18.3 Å². The van der Waals surface area contributed by atoms with Gasteiger partial charge in [0.05, 0.1) is 4.90 Å². The van der Waals surface area contributed by atoms with Crippen molar-refractivity contribution in [1.82, 2.24) is 0 Å². The van der Waals surface area contributed by atoms with Crippen LogP contribution in [0.3, 0.4) is 0 Å². The second-order valence-corrected chi connectivity index (χ2v) is 5.84. The zero-order valence-corrected chi connectivity index (χ0v) is 11.2. The van der Waals surface area contributed by atoms with Gasteiger partial charge < -0.3 is 10.4 Å². The molecule has 0 aliphatic heterocycles. The number of allylic oxidation sites excluding steroid dienone is 1. The third-order valence-electron chi connectivity index (χ3n) is 2.22. The van der Waals surface area contributed by atoms with Gasteiger partial charge in [0, 0.05) is 11.9 Å². The zero-order valence-electron chi connectivity index (χ0n) is 10.3. The number of aliphatic hydroxyl groups excluding tert-OH is 1. The number of aliphatic hydroxyl groups is 1. The molecule has 0 fully saturated rings. The van der Waals surface area contributed by atoms with Crippen molar-refractivity contribution in [1.29, 1.82) is 5.26 Å². The third-order valence-corrected chi connectivity index (χ3v) is 3.33. The molecule has 0 bridgehead atoms. The van der Waals surface area contributed by atoms with Crippen LogP contribution in [0.1, 0.15) is 6.92 Å². The lowest BCUT2D eigenvalue weighted by Gasteiger charge is -2.06. The van der Waals surface area contributed by atoms with Crippen LogP contribution in [-0.4, -0.2) is 25.7 Å². The molecule has 1 rings (SSSR count). The number of carbonyl (C=O) groups is 1. The summed E-state index contributed by atoms with van der Waals surface area (Å²) >= 11 is 0. The van der Waals surface area contributed by atoms with E-state index in [1.165, 1.54) is 31.2 Å². The minimum atomic E-state index is -3.38. The lowest BCUT2D eigenvalue weighted by Crippen LogP contribution is -2.15. The quantitative estimate of drug-likeness (QED) is 0.494. The van der Waals surface area contributed by atoms with Gasteiger partial charge in [0.25, 0.3) is 5.91 Å². The van der Waals surface area contributed by atoms with E-state index in [2.05, 4.69) is 5.32 Å². The first-order valence-corrected chi connectivity index (χ1v) is 7.06. The Bertz CT molecular complexity index is 680. The normalized spacial score (nSPS) is 12.3. The summed E-state index contributed by atoms with van der Waals surface area (Å²) in [7, 11) is -3.38. The van der Waals surface area contributed by atoms with Crippen LogP contribution >= 0.6 is 0 Å². The summed E-state index contributed by atoms with van der Waals surface area (Å²) in [6.45, 7) is 1.21. The highest BCUT2D eigenvalue weighted by molar-refractivity contribution is 7.90. The van der Waals surface area contributed by atoms with E-state index >= 15 is 0 Å². The molecule has 0 aromatic heterocycles. The molecule has 1 amide bonds. The standard InChI is InChI=1S/C12H12N2O4S/c1-8(15)11(7-13)12(16)14-9-4-3-5-10(6-9)19(2,17)18/h3-6,15H,1-2H3,(H,14,16)/b11-8+. The molecular weight excluding hydrogens is 268 g/mol. The number of rotatable bonds is 3. The monoisotopic (exact) mass is 280 g/mol. The highest BCUT2D eigenvalue weighted by Crippen LogP contribution is 2.16. The van der Waals surface area contributed by atoms with Crippen molar-refractivity contribution in [3.63, 3.8) is 0 Å². The van der Waals surface area contributed by atoms with Crippen LogP contribution in [0.15, 0.2) is 40.5 Å². The molecular formula is C12H12N2O4S. The Labute approximate surface area is 110 Å². The Kier molecular flexibility index (Phi) is 4.30. The summed E-state index contributed by atoms with van der Waals surface area (Å²) in [5.74, 6) is -1.20. The molecule has 2 N–H and O–H groups in total. The van der Waals surface area contributed by atoms with Gasteiger partial charge in [-0.05, 0) is 25.1 Å². The molecule has 6 nitrogen and oxygen atoms in total. The van der Waals surface area contributed by atoms with E-state index in [4.69, 9.17) is 10.4 Å². The van der Waals surface area contributed by atoms with Gasteiger partial charge in [-0.15, -0.1) is 0 Å². The average Bonchev–Trinajstić information content (AvgIpc) is 2.28. The second-order valence-electron chi connectivity index (χ2n) is 3.83. The van der Waals surface area contributed by atoms with Crippen molar-refractivity contribution >= 4 is 21.4 Å². The summed E-state index contributed by atoms with van der Waals surface area (Å²) in [5.41, 5.74) is -0.202. The predicted octanol–water partition coefficient (Wildman–Crippen LogP) is 1.38. The summed E-state index contributed by atoms with van der Waals surface area (Å²) in [5, 5.41) is 20.2. The fourth-order valence-electron chi connectivity index (χ4n) is 1.29. The number of hydrogen-bond acceptors (Lipinski definition) is 5. The number of sulfone groups is 1. The molecule has 0 radical (unpaired) electrons. The summed E-state index contributed by atoms with van der Waals surface area (Å²) < 4.78 is 22.7. The topological polar surface area (TPSA) is 107 Å². The molecule has 100 valence electrons. The highest BCUT2D eigenvalue weighted by atomic mass is 32.2. The lowest BCUT2D eigenvalue weighted by molar-refractivity contribution is -0.112. The molecule has 0 aliphatic carbocycles. The van der Waals surface area contributed by atoms with Crippen molar-refractivity contribution in [2.45, 2.75) is 11.8 Å². The molecule has 7 heteroatoms. The number of nitrogens with zero attached hydrogens (tertiary/aromatic N) is 1. The maximum absolute atomic E-state index is 11.6. The van der Waals surface area contributed by atoms with Crippen molar-refractivity contribution in [2.75, 3.05) is 11.6 Å². The van der Waals surface area contributed by atoms with E-state index in [0.717, 1.165) is 6.26 Å². The van der Waals surface area contributed by atoms with Crippen LogP contribution in [0.4, 0.5) is 5.69 Å². The summed E-state index contributed by atoms with van der Waals surface area (Å²) in [6, 6.07) is 7.18. The first-order valence-electron chi connectivity index (χ1n) is 5.17. The summed E-state index contributed by atoms with van der Waals surface area (Å²) in [4.78, 5) is 11.7. The Balaban J connectivity index is 3.06. The van der Waals surface area contributed by atoms with Crippen LogP contribution < -0.4 is 5.32 Å². The van der Waals surface area contributed by atoms with Gasteiger partial charge in [0.1, 0.15) is 11.8 Å². The van der Waals surface area contributed by atoms with Crippen LogP contribution in [0.2, 0.25) is 0 Å². The Morgan fingerprint density at radius 1 is 1.42 bits per heavy atom. The van der Waals surface area contributed by atoms with E-state index in [9.17, 15) is 13.2 Å². The molecule has 0 atom stereocenters. The van der Waals surface area contributed by atoms with Crippen molar-refractivity contribution in [3.05, 3.63) is 35.6 Å². The van der Waals surface area contributed by atoms with E-state index < -0.39 is 27.1 Å². The minimum Gasteiger partial charge on any atom is -0.511 e. The molecule has 19 heavy (non-hydrogen) atoms. The van der Waals surface area contributed by atoms with Gasteiger partial charge in [-0.1, -0.05) is 6.07 Å². The van der Waals surface area contributed by atoms with E-state index in [-0.39, 0.29) is 10.6 Å². The fourth-order valence-corrected chi connectivity index (χ4v) is 1.96. The molecule has 1 aromatic rings. The lowest BCUT2D eigenvalue weighted by atomic mass is 10.2. The number of amides is 1. The third kappa shape index (κ3) is 3.82. The molecule has 0 aliphatic rings.